The van der Waals surface area contributed by atoms with Gasteiger partial charge in [0.25, 0.3) is 0 Å². The van der Waals surface area contributed by atoms with Crippen LogP contribution in [-0.2, 0) is 16.1 Å². The Hall–Kier alpha value is -3.12. The molecule has 0 saturated carbocycles. The average Bonchev–Trinajstić information content (AvgIpc) is 3.45. The molecule has 0 aliphatic carbocycles. The number of carboxylic acid groups (broad SMARTS) is 1. The molecule has 2 aliphatic rings. The largest absolute Gasteiger partial charge is 0.490 e. The van der Waals surface area contributed by atoms with Crippen LogP contribution in [0.25, 0.3) is 11.4 Å². The van der Waals surface area contributed by atoms with E-state index < -0.39 is 12.1 Å². The highest BCUT2D eigenvalue weighted by Gasteiger charge is 2.38. The van der Waals surface area contributed by atoms with Crippen LogP contribution < -0.4 is 10.6 Å². The quantitative estimate of drug-likeness (QED) is 0.620. The first-order valence-electron chi connectivity index (χ1n) is 10.8. The van der Waals surface area contributed by atoms with Crippen LogP contribution in [0.1, 0.15) is 17.5 Å². The maximum absolute atomic E-state index is 11.9. The number of nitrogens with zero attached hydrogens (tertiary/aromatic N) is 4. The van der Waals surface area contributed by atoms with Crippen LogP contribution in [0.5, 0.6) is 0 Å². The number of rotatable bonds is 5. The van der Waals surface area contributed by atoms with Crippen LogP contribution in [0.15, 0.2) is 24.4 Å². The molecule has 0 bridgehead atoms. The molecule has 2 aromatic rings. The lowest BCUT2D eigenvalue weighted by Crippen LogP contribution is -2.28. The van der Waals surface area contributed by atoms with Crippen molar-refractivity contribution < 1.29 is 32.6 Å². The molecule has 2 saturated heterocycles. The third-order valence-electron chi connectivity index (χ3n) is 5.64. The predicted molar refractivity (Wildman–Crippen MR) is 122 cm³/mol. The van der Waals surface area contributed by atoms with Gasteiger partial charge in [-0.1, -0.05) is 23.7 Å². The molecular weight excluding hydrogens is 491 g/mol. The number of hydrogen-bond acceptors (Lipinski definition) is 7. The fourth-order valence-electron chi connectivity index (χ4n) is 3.65. The Balaban J connectivity index is 0.000000429. The first-order valence-corrected chi connectivity index (χ1v) is 11.2. The number of nitrogens with two attached hydrogens (primary N) is 1. The van der Waals surface area contributed by atoms with E-state index in [1.807, 2.05) is 31.3 Å². The number of hydrogen-bond donors (Lipinski definition) is 2. The second-order valence-electron chi connectivity index (χ2n) is 8.18. The third kappa shape index (κ3) is 6.73. The molecule has 1 unspecified atom stereocenters. The van der Waals surface area contributed by atoms with Crippen LogP contribution in [0, 0.1) is 12.8 Å². The summed E-state index contributed by atoms with van der Waals surface area (Å²) in [4.78, 5) is 34.1. The highest BCUT2D eigenvalue weighted by molar-refractivity contribution is 6.31. The van der Waals surface area contributed by atoms with Gasteiger partial charge in [-0.3, -0.25) is 0 Å². The lowest BCUT2D eigenvalue weighted by atomic mass is 10.1. The van der Waals surface area contributed by atoms with Crippen LogP contribution in [0.3, 0.4) is 0 Å². The zero-order valence-electron chi connectivity index (χ0n) is 18.9. The number of aliphatic carboxylic acids is 1. The van der Waals surface area contributed by atoms with Crippen molar-refractivity contribution >= 4 is 29.5 Å². The minimum atomic E-state index is -5.08. The first kappa shape index (κ1) is 26.5. The summed E-state index contributed by atoms with van der Waals surface area (Å²) in [6, 6.07) is 5.83. The summed E-state index contributed by atoms with van der Waals surface area (Å²) in [6.45, 7) is 5.83. The van der Waals surface area contributed by atoms with Gasteiger partial charge in [0.05, 0.1) is 13.1 Å². The van der Waals surface area contributed by atoms with Gasteiger partial charge in [-0.25, -0.2) is 19.6 Å². The van der Waals surface area contributed by atoms with Gasteiger partial charge in [-0.05, 0) is 37.4 Å². The van der Waals surface area contributed by atoms with Crippen LogP contribution in [-0.4, -0.2) is 71.0 Å². The minimum absolute atomic E-state index is 0.290. The van der Waals surface area contributed by atoms with E-state index in [1.165, 1.54) is 0 Å². The van der Waals surface area contributed by atoms with E-state index in [4.69, 9.17) is 37.0 Å². The van der Waals surface area contributed by atoms with E-state index in [0.717, 1.165) is 42.0 Å². The fourth-order valence-corrected chi connectivity index (χ4v) is 3.83. The first-order chi connectivity index (χ1) is 16.5. The van der Waals surface area contributed by atoms with E-state index in [1.54, 1.807) is 4.90 Å². The number of anilines is 1. The molecule has 13 heteroatoms. The second kappa shape index (κ2) is 11.1. The summed E-state index contributed by atoms with van der Waals surface area (Å²) in [7, 11) is 0. The number of benzene rings is 1. The Kier molecular flexibility index (Phi) is 8.39. The normalized spacial score (nSPS) is 17.8. The van der Waals surface area contributed by atoms with Gasteiger partial charge in [0.1, 0.15) is 12.4 Å². The average molecular weight is 516 g/mol. The number of carbonyl (C=O) groups excluding carboxylic acids is 1. The van der Waals surface area contributed by atoms with Crippen molar-refractivity contribution in [3.8, 4) is 11.4 Å². The Morgan fingerprint density at radius 1 is 1.34 bits per heavy atom. The Morgan fingerprint density at radius 3 is 2.60 bits per heavy atom. The highest BCUT2D eigenvalue weighted by atomic mass is 35.5. The van der Waals surface area contributed by atoms with Gasteiger partial charge in [0, 0.05) is 35.4 Å². The topological polar surface area (TPSA) is 122 Å². The molecule has 1 aromatic carbocycles. The summed E-state index contributed by atoms with van der Waals surface area (Å²) in [5.41, 5.74) is 8.67. The number of aryl methyl sites for hydroxylation is 1. The maximum Gasteiger partial charge on any atom is 0.490 e. The number of aromatic nitrogens is 2. The van der Waals surface area contributed by atoms with E-state index >= 15 is 0 Å². The Bertz CT molecular complexity index is 1090. The van der Waals surface area contributed by atoms with Crippen LogP contribution >= 0.6 is 11.6 Å². The van der Waals surface area contributed by atoms with Crippen LogP contribution in [0.4, 0.5) is 23.8 Å². The van der Waals surface area contributed by atoms with E-state index in [0.29, 0.717) is 43.0 Å². The van der Waals surface area contributed by atoms with Crippen molar-refractivity contribution in [3.05, 3.63) is 40.5 Å². The molecule has 190 valence electrons. The van der Waals surface area contributed by atoms with Gasteiger partial charge in [0.15, 0.2) is 5.82 Å². The molecule has 3 N–H and O–H groups in total. The number of carboxylic acids is 1. The standard InChI is InChI=1S/C20H24ClN5O2.C2HF3O2/c1-13-2-3-15(8-17(13)21)18-23-10-16(12-26-6-7-28-20(26)27)19(24-18)25-5-4-14(9-22)11-25;3-2(4,5)1(6)7/h2-3,8,10,14H,4-7,9,11-12,22H2,1H3;(H,6,7). The predicted octanol–water partition coefficient (Wildman–Crippen LogP) is 3.48. The molecule has 1 amide bonds. The molecule has 1 aromatic heterocycles. The molecule has 9 nitrogen and oxygen atoms in total. The Morgan fingerprint density at radius 2 is 2.06 bits per heavy atom. The summed E-state index contributed by atoms with van der Waals surface area (Å²) < 4.78 is 36.8. The van der Waals surface area contributed by atoms with E-state index in [-0.39, 0.29) is 6.09 Å². The summed E-state index contributed by atoms with van der Waals surface area (Å²) in [6.07, 6.45) is -2.52. The van der Waals surface area contributed by atoms with Gasteiger partial charge in [-0.15, -0.1) is 0 Å². The van der Waals surface area contributed by atoms with Gasteiger partial charge in [0.2, 0.25) is 0 Å². The van der Waals surface area contributed by atoms with Crippen molar-refractivity contribution in [1.82, 2.24) is 14.9 Å². The number of alkyl halides is 3. The van der Waals surface area contributed by atoms with Gasteiger partial charge >= 0.3 is 18.2 Å². The number of halogens is 4. The number of cyclic esters (lactones) is 1. The van der Waals surface area contributed by atoms with Crippen LogP contribution in [0.2, 0.25) is 5.02 Å². The monoisotopic (exact) mass is 515 g/mol. The smallest absolute Gasteiger partial charge is 0.475 e. The molecule has 0 radical (unpaired) electrons. The second-order valence-corrected chi connectivity index (χ2v) is 8.59. The Labute approximate surface area is 204 Å². The molecule has 1 atom stereocenters. The number of amides is 1. The highest BCUT2D eigenvalue weighted by Crippen LogP contribution is 2.30. The lowest BCUT2D eigenvalue weighted by Gasteiger charge is -2.23. The van der Waals surface area contributed by atoms with E-state index in [9.17, 15) is 18.0 Å². The van der Waals surface area contributed by atoms with Gasteiger partial charge in [-0.2, -0.15) is 13.2 Å². The molecule has 4 rings (SSSR count). The molecule has 0 spiro atoms. The molecule has 2 aliphatic heterocycles. The maximum atomic E-state index is 11.9. The van der Waals surface area contributed by atoms with Crippen molar-refractivity contribution in [2.45, 2.75) is 26.1 Å². The van der Waals surface area contributed by atoms with E-state index in [2.05, 4.69) is 9.88 Å². The van der Waals surface area contributed by atoms with Crippen molar-refractivity contribution in [1.29, 1.82) is 0 Å². The molecule has 2 fully saturated rings. The SMILES string of the molecule is Cc1ccc(-c2ncc(CN3CCOC3=O)c(N3CCC(CN)C3)n2)cc1Cl.O=C(O)C(F)(F)F. The molecule has 35 heavy (non-hydrogen) atoms. The fraction of sp³-hybridized carbons (Fsp3) is 0.455. The third-order valence-corrected chi connectivity index (χ3v) is 6.05. The lowest BCUT2D eigenvalue weighted by molar-refractivity contribution is -0.192. The zero-order valence-corrected chi connectivity index (χ0v) is 19.6. The van der Waals surface area contributed by atoms with Crippen molar-refractivity contribution in [3.63, 3.8) is 0 Å². The van der Waals surface area contributed by atoms with Crippen molar-refractivity contribution in [2.24, 2.45) is 11.7 Å². The minimum Gasteiger partial charge on any atom is -0.475 e. The zero-order chi connectivity index (χ0) is 25.8. The number of carbonyl (C=O) groups is 2. The molecular formula is C22H25ClF3N5O4. The van der Waals surface area contributed by atoms with Crippen molar-refractivity contribution in [2.75, 3.05) is 37.7 Å². The summed E-state index contributed by atoms with van der Waals surface area (Å²) in [5, 5.41) is 7.82. The van der Waals surface area contributed by atoms with Gasteiger partial charge < -0.3 is 25.4 Å². The summed E-state index contributed by atoms with van der Waals surface area (Å²) >= 11 is 6.29. The molecule has 3 heterocycles. The number of ether oxygens (including phenoxy) is 1. The summed E-state index contributed by atoms with van der Waals surface area (Å²) in [5.74, 6) is -0.817.